The van der Waals surface area contributed by atoms with Crippen LogP contribution in [0.4, 0.5) is 0 Å². The van der Waals surface area contributed by atoms with E-state index in [4.69, 9.17) is 16.3 Å². The molecule has 5 heteroatoms. The van der Waals surface area contributed by atoms with Gasteiger partial charge in [0.05, 0.1) is 12.1 Å². The topological polar surface area (TPSA) is 47.6 Å². The van der Waals surface area contributed by atoms with Crippen LogP contribution in [0.3, 0.4) is 0 Å². The first kappa shape index (κ1) is 15.8. The lowest BCUT2D eigenvalue weighted by atomic mass is 10.2. The Morgan fingerprint density at radius 3 is 2.74 bits per heavy atom. The van der Waals surface area contributed by atoms with Crippen molar-refractivity contribution in [2.45, 2.75) is 20.4 Å². The number of ether oxygens (including phenoxy) is 2. The molecule has 0 spiro atoms. The number of benzene rings is 1. The fourth-order valence-electron chi connectivity index (χ4n) is 1.47. The van der Waals surface area contributed by atoms with E-state index in [0.717, 1.165) is 18.7 Å². The molecule has 1 aromatic rings. The van der Waals surface area contributed by atoms with E-state index in [1.165, 1.54) is 7.11 Å². The predicted octanol–water partition coefficient (Wildman–Crippen LogP) is 2.64. The first-order valence-corrected chi connectivity index (χ1v) is 6.59. The van der Waals surface area contributed by atoms with Crippen molar-refractivity contribution in [3.05, 3.63) is 28.8 Å². The van der Waals surface area contributed by atoms with Crippen LogP contribution in [0.2, 0.25) is 5.02 Å². The van der Waals surface area contributed by atoms with Gasteiger partial charge in [0, 0.05) is 6.54 Å². The number of carbonyl (C=O) groups excluding carboxylic acids is 1. The molecule has 0 fully saturated rings. The average Bonchev–Trinajstić information content (AvgIpc) is 2.37. The van der Waals surface area contributed by atoms with Gasteiger partial charge in [-0.3, -0.25) is 0 Å². The molecule has 0 aliphatic heterocycles. The Labute approximate surface area is 119 Å². The summed E-state index contributed by atoms with van der Waals surface area (Å²) < 4.78 is 9.75. The minimum atomic E-state index is -0.432. The molecule has 1 aromatic carbocycles. The van der Waals surface area contributed by atoms with Crippen LogP contribution >= 0.6 is 11.6 Å². The van der Waals surface area contributed by atoms with Crippen LogP contribution < -0.4 is 10.1 Å². The predicted molar refractivity (Wildman–Crippen MR) is 75.5 cm³/mol. The molecule has 0 saturated carbocycles. The fraction of sp³-hybridized carbons (Fsp3) is 0.500. The summed E-state index contributed by atoms with van der Waals surface area (Å²) >= 11 is 6.09. The van der Waals surface area contributed by atoms with Crippen molar-refractivity contribution in [3.63, 3.8) is 0 Å². The van der Waals surface area contributed by atoms with Crippen LogP contribution in [-0.2, 0) is 16.1 Å². The maximum Gasteiger partial charge on any atom is 0.343 e. The highest BCUT2D eigenvalue weighted by Crippen LogP contribution is 2.25. The van der Waals surface area contributed by atoms with E-state index in [-0.39, 0.29) is 6.61 Å². The largest absolute Gasteiger partial charge is 0.480 e. The molecule has 0 aliphatic rings. The van der Waals surface area contributed by atoms with Crippen LogP contribution in [0.15, 0.2) is 18.2 Å². The molecule has 0 radical (unpaired) electrons. The zero-order chi connectivity index (χ0) is 14.3. The first-order valence-electron chi connectivity index (χ1n) is 6.21. The molecule has 19 heavy (non-hydrogen) atoms. The minimum absolute atomic E-state index is 0.138. The first-order chi connectivity index (χ1) is 9.02. The Hall–Kier alpha value is -1.26. The molecule has 0 aromatic heterocycles. The number of hydrogen-bond donors (Lipinski definition) is 1. The number of rotatable bonds is 7. The number of hydrogen-bond acceptors (Lipinski definition) is 4. The third-order valence-electron chi connectivity index (χ3n) is 2.45. The normalized spacial score (nSPS) is 10.6. The highest BCUT2D eigenvalue weighted by molar-refractivity contribution is 6.32. The minimum Gasteiger partial charge on any atom is -0.480 e. The van der Waals surface area contributed by atoms with Gasteiger partial charge in [-0.15, -0.1) is 0 Å². The van der Waals surface area contributed by atoms with E-state index < -0.39 is 5.97 Å². The van der Waals surface area contributed by atoms with Crippen molar-refractivity contribution in [3.8, 4) is 5.75 Å². The highest BCUT2D eigenvalue weighted by atomic mass is 35.5. The molecule has 0 amide bonds. The number of methoxy groups -OCH3 is 1. The van der Waals surface area contributed by atoms with Gasteiger partial charge in [0.15, 0.2) is 6.61 Å². The summed E-state index contributed by atoms with van der Waals surface area (Å²) in [6.07, 6.45) is 0. The quantitative estimate of drug-likeness (QED) is 0.783. The van der Waals surface area contributed by atoms with Gasteiger partial charge < -0.3 is 14.8 Å². The van der Waals surface area contributed by atoms with E-state index in [2.05, 4.69) is 23.9 Å². The van der Waals surface area contributed by atoms with E-state index in [9.17, 15) is 4.79 Å². The summed E-state index contributed by atoms with van der Waals surface area (Å²) in [6, 6.07) is 5.52. The van der Waals surface area contributed by atoms with Crippen LogP contribution in [0.25, 0.3) is 0 Å². The molecule has 4 nitrogen and oxygen atoms in total. The molecule has 0 heterocycles. The standard InChI is InChI=1S/C14H20ClNO3/c1-10(2)7-16-8-11-4-5-13(12(15)6-11)19-9-14(17)18-3/h4-6,10,16H,7-9H2,1-3H3. The average molecular weight is 286 g/mol. The van der Waals surface area contributed by atoms with E-state index >= 15 is 0 Å². The van der Waals surface area contributed by atoms with Crippen molar-refractivity contribution < 1.29 is 14.3 Å². The Bertz CT molecular complexity index is 421. The Kier molecular flexibility index (Phi) is 6.67. The van der Waals surface area contributed by atoms with Gasteiger partial charge in [-0.25, -0.2) is 4.79 Å². The lowest BCUT2D eigenvalue weighted by Gasteiger charge is -2.10. The molecular formula is C14H20ClNO3. The van der Waals surface area contributed by atoms with Crippen LogP contribution in [-0.4, -0.2) is 26.2 Å². The summed E-state index contributed by atoms with van der Waals surface area (Å²) in [5.74, 6) is 0.663. The van der Waals surface area contributed by atoms with Gasteiger partial charge in [-0.05, 0) is 30.2 Å². The van der Waals surface area contributed by atoms with Gasteiger partial charge in [-0.2, -0.15) is 0 Å². The zero-order valence-electron chi connectivity index (χ0n) is 11.5. The number of halogens is 1. The molecule has 0 atom stereocenters. The van der Waals surface area contributed by atoms with Gasteiger partial charge in [0.2, 0.25) is 0 Å². The van der Waals surface area contributed by atoms with Crippen molar-refractivity contribution in [1.29, 1.82) is 0 Å². The summed E-state index contributed by atoms with van der Waals surface area (Å²) in [5, 5.41) is 3.83. The molecule has 1 rings (SSSR count). The second kappa shape index (κ2) is 8.02. The number of esters is 1. The van der Waals surface area contributed by atoms with Crippen molar-refractivity contribution in [2.75, 3.05) is 20.3 Å². The Morgan fingerprint density at radius 2 is 2.16 bits per heavy atom. The third-order valence-corrected chi connectivity index (χ3v) is 2.75. The molecule has 0 unspecified atom stereocenters. The summed E-state index contributed by atoms with van der Waals surface area (Å²) in [4.78, 5) is 11.0. The second-order valence-corrected chi connectivity index (χ2v) is 5.06. The smallest absolute Gasteiger partial charge is 0.343 e. The second-order valence-electron chi connectivity index (χ2n) is 4.65. The third kappa shape index (κ3) is 5.94. The number of carbonyl (C=O) groups is 1. The lowest BCUT2D eigenvalue weighted by Crippen LogP contribution is -2.19. The number of nitrogens with one attached hydrogen (secondary N) is 1. The zero-order valence-corrected chi connectivity index (χ0v) is 12.3. The van der Waals surface area contributed by atoms with Crippen LogP contribution in [0.5, 0.6) is 5.75 Å². The fourth-order valence-corrected chi connectivity index (χ4v) is 1.73. The molecular weight excluding hydrogens is 266 g/mol. The van der Waals surface area contributed by atoms with E-state index in [0.29, 0.717) is 16.7 Å². The van der Waals surface area contributed by atoms with Crippen molar-refractivity contribution in [1.82, 2.24) is 5.32 Å². The molecule has 0 saturated heterocycles. The van der Waals surface area contributed by atoms with Gasteiger partial charge in [0.25, 0.3) is 0 Å². The summed E-state index contributed by atoms with van der Waals surface area (Å²) in [5.41, 5.74) is 1.08. The van der Waals surface area contributed by atoms with Crippen molar-refractivity contribution in [2.24, 2.45) is 5.92 Å². The Balaban J connectivity index is 2.51. The van der Waals surface area contributed by atoms with Gasteiger partial charge >= 0.3 is 5.97 Å². The lowest BCUT2D eigenvalue weighted by molar-refractivity contribution is -0.142. The van der Waals surface area contributed by atoms with Crippen molar-refractivity contribution >= 4 is 17.6 Å². The molecule has 0 bridgehead atoms. The molecule has 106 valence electrons. The maximum absolute atomic E-state index is 11.0. The van der Waals surface area contributed by atoms with Gasteiger partial charge in [0.1, 0.15) is 5.75 Å². The SMILES string of the molecule is COC(=O)COc1ccc(CNCC(C)C)cc1Cl. The van der Waals surface area contributed by atoms with E-state index in [1.54, 1.807) is 6.07 Å². The monoisotopic (exact) mass is 285 g/mol. The summed E-state index contributed by atoms with van der Waals surface area (Å²) in [6.45, 7) is 5.89. The summed E-state index contributed by atoms with van der Waals surface area (Å²) in [7, 11) is 1.32. The molecule has 0 aliphatic carbocycles. The van der Waals surface area contributed by atoms with Crippen LogP contribution in [0, 0.1) is 5.92 Å². The molecule has 1 N–H and O–H groups in total. The van der Waals surface area contributed by atoms with E-state index in [1.807, 2.05) is 12.1 Å². The maximum atomic E-state index is 11.0. The van der Waals surface area contributed by atoms with Gasteiger partial charge in [-0.1, -0.05) is 31.5 Å². The Morgan fingerprint density at radius 1 is 1.42 bits per heavy atom. The highest BCUT2D eigenvalue weighted by Gasteiger charge is 2.06. The van der Waals surface area contributed by atoms with Crippen LogP contribution in [0.1, 0.15) is 19.4 Å².